The molecule has 0 radical (unpaired) electrons. The molecule has 1 rings (SSSR count). The molecule has 0 unspecified atom stereocenters. The van der Waals surface area contributed by atoms with E-state index in [2.05, 4.69) is 4.74 Å². The van der Waals surface area contributed by atoms with Gasteiger partial charge in [-0.15, -0.1) is 0 Å². The largest absolute Gasteiger partial charge is 0.469 e. The Kier molecular flexibility index (Phi) is 8.05. The molecule has 0 saturated carbocycles. The van der Waals surface area contributed by atoms with E-state index in [1.54, 1.807) is 12.1 Å². The molecule has 0 aromatic heterocycles. The maximum Gasteiger partial charge on any atom is 0.373 e. The number of halogens is 2. The van der Waals surface area contributed by atoms with Crippen molar-refractivity contribution in [3.8, 4) is 0 Å². The topological polar surface area (TPSA) is 60.4 Å². The van der Waals surface area contributed by atoms with Crippen LogP contribution in [0.2, 0.25) is 10.0 Å². The van der Waals surface area contributed by atoms with Gasteiger partial charge in [0.2, 0.25) is 0 Å². The van der Waals surface area contributed by atoms with Gasteiger partial charge in [-0.2, -0.15) is 9.59 Å². The van der Waals surface area contributed by atoms with E-state index >= 15 is 0 Å². The van der Waals surface area contributed by atoms with Crippen molar-refractivity contribution in [2.45, 2.75) is 19.3 Å². The second kappa shape index (κ2) is 8.70. The highest BCUT2D eigenvalue weighted by Gasteiger charge is 2.12. The minimum atomic E-state index is -0.228. The molecule has 0 aliphatic heterocycles. The Labute approximate surface area is 115 Å². The van der Waals surface area contributed by atoms with Crippen molar-refractivity contribution in [2.24, 2.45) is 0 Å². The van der Waals surface area contributed by atoms with Crippen LogP contribution in [-0.2, 0) is 19.1 Å². The maximum atomic E-state index is 11.1. The Morgan fingerprint density at radius 2 is 1.89 bits per heavy atom. The molecular formula is C12H12Cl2O4. The Morgan fingerprint density at radius 1 is 1.33 bits per heavy atom. The van der Waals surface area contributed by atoms with Gasteiger partial charge in [0.1, 0.15) is 0 Å². The molecule has 0 fully saturated rings. The van der Waals surface area contributed by atoms with Crippen LogP contribution in [0.3, 0.4) is 0 Å². The molecule has 0 spiro atoms. The van der Waals surface area contributed by atoms with Crippen molar-refractivity contribution in [2.75, 3.05) is 7.11 Å². The highest BCUT2D eigenvalue weighted by atomic mass is 35.5. The van der Waals surface area contributed by atoms with Crippen LogP contribution in [0, 0.1) is 0 Å². The molecular weight excluding hydrogens is 279 g/mol. The normalized spacial score (nSPS) is 10.7. The summed E-state index contributed by atoms with van der Waals surface area (Å²) < 4.78 is 4.60. The van der Waals surface area contributed by atoms with Crippen LogP contribution in [0.1, 0.15) is 24.8 Å². The van der Waals surface area contributed by atoms with Crippen LogP contribution in [0.4, 0.5) is 0 Å². The Hall–Kier alpha value is -1.35. The number of methoxy groups -OCH3 is 1. The highest BCUT2D eigenvalue weighted by Crippen LogP contribution is 2.27. The fourth-order valence-electron chi connectivity index (χ4n) is 1.27. The van der Waals surface area contributed by atoms with Gasteiger partial charge >= 0.3 is 12.1 Å². The van der Waals surface area contributed by atoms with Crippen LogP contribution in [0.5, 0.6) is 0 Å². The first kappa shape index (κ1) is 16.6. The van der Waals surface area contributed by atoms with E-state index in [-0.39, 0.29) is 18.0 Å². The Morgan fingerprint density at radius 3 is 2.33 bits per heavy atom. The fraction of sp³-hybridized carbons (Fsp3) is 0.333. The number of carbonyl (C=O) groups excluding carboxylic acids is 3. The van der Waals surface area contributed by atoms with Crippen molar-refractivity contribution < 1.29 is 19.1 Å². The van der Waals surface area contributed by atoms with Gasteiger partial charge in [-0.3, -0.25) is 4.79 Å². The molecule has 0 bridgehead atoms. The molecule has 6 heteroatoms. The average molecular weight is 291 g/mol. The second-order valence-corrected chi connectivity index (χ2v) is 4.25. The first-order chi connectivity index (χ1) is 8.46. The van der Waals surface area contributed by atoms with E-state index in [1.807, 2.05) is 13.0 Å². The molecule has 0 aliphatic rings. The van der Waals surface area contributed by atoms with Gasteiger partial charge in [-0.05, 0) is 23.6 Å². The monoisotopic (exact) mass is 290 g/mol. The molecule has 0 saturated heterocycles. The number of hydrogen-bond donors (Lipinski definition) is 0. The van der Waals surface area contributed by atoms with Gasteiger partial charge < -0.3 is 4.74 Å². The quantitative estimate of drug-likeness (QED) is 0.803. The number of rotatable bonds is 3. The van der Waals surface area contributed by atoms with Crippen LogP contribution in [0.25, 0.3) is 0 Å². The van der Waals surface area contributed by atoms with Crippen LogP contribution in [-0.4, -0.2) is 19.2 Å². The number of carbonyl (C=O) groups is 1. The molecule has 0 heterocycles. The second-order valence-electron chi connectivity index (χ2n) is 3.44. The summed E-state index contributed by atoms with van der Waals surface area (Å²) >= 11 is 11.7. The van der Waals surface area contributed by atoms with Gasteiger partial charge in [-0.1, -0.05) is 36.2 Å². The summed E-state index contributed by atoms with van der Waals surface area (Å²) in [7, 11) is 1.38. The Bertz CT molecular complexity index is 440. The van der Waals surface area contributed by atoms with E-state index < -0.39 is 0 Å². The minimum absolute atomic E-state index is 0.0761. The van der Waals surface area contributed by atoms with Crippen molar-refractivity contribution in [3.05, 3.63) is 33.8 Å². The molecule has 1 aromatic carbocycles. The smallest absolute Gasteiger partial charge is 0.373 e. The maximum absolute atomic E-state index is 11.1. The zero-order valence-corrected chi connectivity index (χ0v) is 11.4. The number of esters is 1. The predicted octanol–water partition coefficient (Wildman–Crippen LogP) is 3.08. The molecule has 98 valence electrons. The first-order valence-electron chi connectivity index (χ1n) is 4.97. The average Bonchev–Trinajstić information content (AvgIpc) is 2.33. The molecule has 0 amide bonds. The summed E-state index contributed by atoms with van der Waals surface area (Å²) in [4.78, 5) is 27.3. The lowest BCUT2D eigenvalue weighted by Crippen LogP contribution is -2.05. The molecule has 0 aliphatic carbocycles. The van der Waals surface area contributed by atoms with Crippen LogP contribution >= 0.6 is 23.2 Å². The standard InChI is InChI=1S/C11H12Cl2O2.CO2/c1-7(5-11(14)15-2)8-3-4-9(12)10(13)6-8;2-1-3/h3-4,6-7H,5H2,1-2H3;/t7-;/m1./s1. The SMILES string of the molecule is COC(=O)C[C@@H](C)c1ccc(Cl)c(Cl)c1.O=C=O. The van der Waals surface area contributed by atoms with Crippen molar-refractivity contribution in [1.29, 1.82) is 0 Å². The summed E-state index contributed by atoms with van der Waals surface area (Å²) in [5.41, 5.74) is 0.981. The summed E-state index contributed by atoms with van der Waals surface area (Å²) in [5.74, 6) is -0.152. The zero-order valence-electron chi connectivity index (χ0n) is 9.91. The third-order valence-corrected chi connectivity index (χ3v) is 2.95. The first-order valence-corrected chi connectivity index (χ1v) is 5.72. The summed E-state index contributed by atoms with van der Waals surface area (Å²) in [6.07, 6.45) is 0.592. The highest BCUT2D eigenvalue weighted by molar-refractivity contribution is 6.42. The van der Waals surface area contributed by atoms with Gasteiger partial charge in [-0.25, -0.2) is 0 Å². The van der Waals surface area contributed by atoms with Crippen molar-refractivity contribution >= 4 is 35.3 Å². The lowest BCUT2D eigenvalue weighted by molar-refractivity contribution is -0.191. The number of ether oxygens (including phenoxy) is 1. The number of hydrogen-bond acceptors (Lipinski definition) is 4. The lowest BCUT2D eigenvalue weighted by Gasteiger charge is -2.11. The third kappa shape index (κ3) is 5.82. The molecule has 18 heavy (non-hydrogen) atoms. The molecule has 4 nitrogen and oxygen atoms in total. The van der Waals surface area contributed by atoms with Gasteiger partial charge in [0.15, 0.2) is 0 Å². The summed E-state index contributed by atoms with van der Waals surface area (Å²) in [6, 6.07) is 5.37. The molecule has 0 N–H and O–H groups in total. The predicted molar refractivity (Wildman–Crippen MR) is 66.5 cm³/mol. The van der Waals surface area contributed by atoms with Crippen molar-refractivity contribution in [3.63, 3.8) is 0 Å². The fourth-order valence-corrected chi connectivity index (χ4v) is 1.58. The zero-order chi connectivity index (χ0) is 14.1. The van der Waals surface area contributed by atoms with E-state index in [4.69, 9.17) is 32.8 Å². The van der Waals surface area contributed by atoms with Gasteiger partial charge in [0.25, 0.3) is 0 Å². The lowest BCUT2D eigenvalue weighted by atomic mass is 9.98. The van der Waals surface area contributed by atoms with E-state index in [0.29, 0.717) is 16.5 Å². The van der Waals surface area contributed by atoms with E-state index in [0.717, 1.165) is 5.56 Å². The number of benzene rings is 1. The van der Waals surface area contributed by atoms with E-state index in [1.165, 1.54) is 7.11 Å². The van der Waals surface area contributed by atoms with Gasteiger partial charge in [0.05, 0.1) is 23.6 Å². The van der Waals surface area contributed by atoms with Crippen LogP contribution in [0.15, 0.2) is 18.2 Å². The van der Waals surface area contributed by atoms with Crippen LogP contribution < -0.4 is 0 Å². The third-order valence-electron chi connectivity index (χ3n) is 2.21. The van der Waals surface area contributed by atoms with E-state index in [9.17, 15) is 4.79 Å². The minimum Gasteiger partial charge on any atom is -0.469 e. The molecule has 1 aromatic rings. The summed E-state index contributed by atoms with van der Waals surface area (Å²) in [5, 5.41) is 1.02. The van der Waals surface area contributed by atoms with Gasteiger partial charge in [0, 0.05) is 0 Å². The summed E-state index contributed by atoms with van der Waals surface area (Å²) in [6.45, 7) is 1.94. The molecule has 1 atom stereocenters. The Balaban J connectivity index is 0.000000873. The van der Waals surface area contributed by atoms with Crippen molar-refractivity contribution in [1.82, 2.24) is 0 Å².